The standard InChI is InChI=1S/C11H19N3O/c1-7(2)10-9(13-11(12)15-10)8-4-5-14(3)6-8/h7-8H,4-6H2,1-3H3,(H2,12,13). The predicted octanol–water partition coefficient (Wildman–Crippen LogP) is 1.80. The highest BCUT2D eigenvalue weighted by atomic mass is 16.4. The number of nitrogens with two attached hydrogens (primary N) is 1. The maximum absolute atomic E-state index is 5.63. The summed E-state index contributed by atoms with van der Waals surface area (Å²) in [5.74, 6) is 1.82. The van der Waals surface area contributed by atoms with Gasteiger partial charge in [-0.25, -0.2) is 0 Å². The fourth-order valence-electron chi connectivity index (χ4n) is 2.23. The molecule has 0 radical (unpaired) electrons. The molecule has 1 aromatic rings. The number of oxazole rings is 1. The fraction of sp³-hybridized carbons (Fsp3) is 0.727. The van der Waals surface area contributed by atoms with Gasteiger partial charge in [0.1, 0.15) is 5.76 Å². The van der Waals surface area contributed by atoms with Crippen LogP contribution < -0.4 is 5.73 Å². The van der Waals surface area contributed by atoms with Gasteiger partial charge in [0.15, 0.2) is 0 Å². The SMILES string of the molecule is CC(C)c1oc(N)nc1C1CCN(C)C1. The average Bonchev–Trinajstić information content (AvgIpc) is 2.71. The Morgan fingerprint density at radius 3 is 2.80 bits per heavy atom. The highest BCUT2D eigenvalue weighted by Gasteiger charge is 2.28. The zero-order valence-corrected chi connectivity index (χ0v) is 9.66. The van der Waals surface area contributed by atoms with Crippen molar-refractivity contribution < 1.29 is 4.42 Å². The Morgan fingerprint density at radius 2 is 2.27 bits per heavy atom. The Balaban J connectivity index is 2.26. The van der Waals surface area contributed by atoms with E-state index in [0.29, 0.717) is 17.9 Å². The van der Waals surface area contributed by atoms with E-state index in [0.717, 1.165) is 31.0 Å². The molecule has 1 fully saturated rings. The molecule has 0 aliphatic carbocycles. The molecule has 0 aromatic carbocycles. The topological polar surface area (TPSA) is 55.3 Å². The van der Waals surface area contributed by atoms with E-state index in [1.54, 1.807) is 0 Å². The summed E-state index contributed by atoms with van der Waals surface area (Å²) >= 11 is 0. The van der Waals surface area contributed by atoms with Gasteiger partial charge >= 0.3 is 0 Å². The first kappa shape index (κ1) is 10.5. The van der Waals surface area contributed by atoms with Crippen LogP contribution in [0.5, 0.6) is 0 Å². The number of rotatable bonds is 2. The second-order valence-electron chi connectivity index (χ2n) is 4.70. The van der Waals surface area contributed by atoms with Crippen molar-refractivity contribution in [2.75, 3.05) is 25.9 Å². The molecule has 84 valence electrons. The monoisotopic (exact) mass is 209 g/mol. The van der Waals surface area contributed by atoms with Crippen LogP contribution >= 0.6 is 0 Å². The molecule has 1 atom stereocenters. The number of nitrogen functional groups attached to an aromatic ring is 1. The molecule has 1 saturated heterocycles. The zero-order chi connectivity index (χ0) is 11.0. The van der Waals surface area contributed by atoms with Crippen molar-refractivity contribution in [3.8, 4) is 0 Å². The molecule has 1 aromatic heterocycles. The summed E-state index contributed by atoms with van der Waals surface area (Å²) in [5.41, 5.74) is 6.70. The molecule has 1 aliphatic heterocycles. The largest absolute Gasteiger partial charge is 0.428 e. The molecular weight excluding hydrogens is 190 g/mol. The van der Waals surface area contributed by atoms with Gasteiger partial charge < -0.3 is 15.1 Å². The maximum Gasteiger partial charge on any atom is 0.292 e. The Labute approximate surface area is 90.5 Å². The van der Waals surface area contributed by atoms with Crippen LogP contribution in [0.4, 0.5) is 6.01 Å². The van der Waals surface area contributed by atoms with Gasteiger partial charge in [-0.05, 0) is 20.0 Å². The number of hydrogen-bond acceptors (Lipinski definition) is 4. The summed E-state index contributed by atoms with van der Waals surface area (Å²) in [6.45, 7) is 6.42. The Morgan fingerprint density at radius 1 is 1.53 bits per heavy atom. The molecule has 15 heavy (non-hydrogen) atoms. The van der Waals surface area contributed by atoms with Gasteiger partial charge in [0.05, 0.1) is 5.69 Å². The fourth-order valence-corrected chi connectivity index (χ4v) is 2.23. The van der Waals surface area contributed by atoms with Crippen LogP contribution in [0.3, 0.4) is 0 Å². The molecular formula is C11H19N3O. The van der Waals surface area contributed by atoms with E-state index >= 15 is 0 Å². The molecule has 0 saturated carbocycles. The molecule has 2 rings (SSSR count). The third-order valence-corrected chi connectivity index (χ3v) is 3.00. The van der Waals surface area contributed by atoms with E-state index in [1.165, 1.54) is 0 Å². The number of likely N-dealkylation sites (tertiary alicyclic amines) is 1. The number of anilines is 1. The van der Waals surface area contributed by atoms with Gasteiger partial charge in [-0.3, -0.25) is 0 Å². The van der Waals surface area contributed by atoms with Crippen molar-refractivity contribution in [1.82, 2.24) is 9.88 Å². The molecule has 0 spiro atoms. The summed E-state index contributed by atoms with van der Waals surface area (Å²) in [7, 11) is 2.14. The van der Waals surface area contributed by atoms with E-state index < -0.39 is 0 Å². The van der Waals surface area contributed by atoms with Gasteiger partial charge in [-0.15, -0.1) is 0 Å². The minimum atomic E-state index is 0.309. The lowest BCUT2D eigenvalue weighted by atomic mass is 9.99. The highest BCUT2D eigenvalue weighted by molar-refractivity contribution is 5.26. The number of hydrogen-bond donors (Lipinski definition) is 1. The number of aromatic nitrogens is 1. The van der Waals surface area contributed by atoms with E-state index in [-0.39, 0.29) is 0 Å². The summed E-state index contributed by atoms with van der Waals surface area (Å²) in [5, 5.41) is 0. The third-order valence-electron chi connectivity index (χ3n) is 3.00. The van der Waals surface area contributed by atoms with E-state index in [2.05, 4.69) is 30.8 Å². The summed E-state index contributed by atoms with van der Waals surface area (Å²) < 4.78 is 5.47. The zero-order valence-electron chi connectivity index (χ0n) is 9.66. The Kier molecular flexibility index (Phi) is 2.69. The predicted molar refractivity (Wildman–Crippen MR) is 59.9 cm³/mol. The molecule has 0 bridgehead atoms. The summed E-state index contributed by atoms with van der Waals surface area (Å²) in [6.07, 6.45) is 1.15. The molecule has 1 aliphatic rings. The first-order chi connectivity index (χ1) is 7.08. The van der Waals surface area contributed by atoms with Gasteiger partial charge in [-0.2, -0.15) is 4.98 Å². The Bertz CT molecular complexity index is 346. The minimum Gasteiger partial charge on any atom is -0.428 e. The van der Waals surface area contributed by atoms with Crippen molar-refractivity contribution in [2.45, 2.75) is 32.1 Å². The van der Waals surface area contributed by atoms with Crippen molar-refractivity contribution in [3.63, 3.8) is 0 Å². The van der Waals surface area contributed by atoms with Crippen LogP contribution in [-0.2, 0) is 0 Å². The van der Waals surface area contributed by atoms with Crippen LogP contribution in [0.25, 0.3) is 0 Å². The smallest absolute Gasteiger partial charge is 0.292 e. The van der Waals surface area contributed by atoms with Crippen molar-refractivity contribution >= 4 is 6.01 Å². The van der Waals surface area contributed by atoms with Crippen LogP contribution in [-0.4, -0.2) is 30.0 Å². The maximum atomic E-state index is 5.63. The van der Waals surface area contributed by atoms with Gasteiger partial charge in [0, 0.05) is 18.4 Å². The summed E-state index contributed by atoms with van der Waals surface area (Å²) in [6, 6.07) is 0.309. The Hall–Kier alpha value is -1.03. The molecule has 0 amide bonds. The lowest BCUT2D eigenvalue weighted by molar-refractivity contribution is 0.409. The van der Waals surface area contributed by atoms with E-state index in [1.807, 2.05) is 0 Å². The van der Waals surface area contributed by atoms with Crippen LogP contribution in [0.15, 0.2) is 4.42 Å². The molecule has 2 heterocycles. The average molecular weight is 209 g/mol. The second-order valence-corrected chi connectivity index (χ2v) is 4.70. The van der Waals surface area contributed by atoms with Gasteiger partial charge in [-0.1, -0.05) is 13.8 Å². The first-order valence-corrected chi connectivity index (χ1v) is 5.52. The van der Waals surface area contributed by atoms with Crippen LogP contribution in [0.1, 0.15) is 43.6 Å². The lowest BCUT2D eigenvalue weighted by Gasteiger charge is -2.10. The van der Waals surface area contributed by atoms with Crippen LogP contribution in [0, 0.1) is 0 Å². The van der Waals surface area contributed by atoms with E-state index in [4.69, 9.17) is 10.2 Å². The van der Waals surface area contributed by atoms with Gasteiger partial charge in [0.25, 0.3) is 6.01 Å². The van der Waals surface area contributed by atoms with Gasteiger partial charge in [0.2, 0.25) is 0 Å². The lowest BCUT2D eigenvalue weighted by Crippen LogP contribution is -2.14. The molecule has 2 N–H and O–H groups in total. The number of likely N-dealkylation sites (N-methyl/N-ethyl adjacent to an activating group) is 1. The van der Waals surface area contributed by atoms with Crippen LogP contribution in [0.2, 0.25) is 0 Å². The van der Waals surface area contributed by atoms with E-state index in [9.17, 15) is 0 Å². The second kappa shape index (κ2) is 3.85. The summed E-state index contributed by atoms with van der Waals surface area (Å²) in [4.78, 5) is 6.65. The van der Waals surface area contributed by atoms with Crippen molar-refractivity contribution in [2.24, 2.45) is 0 Å². The molecule has 4 heteroatoms. The quantitative estimate of drug-likeness (QED) is 0.807. The number of nitrogens with zero attached hydrogens (tertiary/aromatic N) is 2. The molecule has 1 unspecified atom stereocenters. The molecule has 4 nitrogen and oxygen atoms in total. The minimum absolute atomic E-state index is 0.309. The highest BCUT2D eigenvalue weighted by Crippen LogP contribution is 2.32. The van der Waals surface area contributed by atoms with Crippen molar-refractivity contribution in [3.05, 3.63) is 11.5 Å². The normalized spacial score (nSPS) is 22.8. The first-order valence-electron chi connectivity index (χ1n) is 5.52. The third kappa shape index (κ3) is 2.00. The van der Waals surface area contributed by atoms with Crippen molar-refractivity contribution in [1.29, 1.82) is 0 Å².